The van der Waals surface area contributed by atoms with Crippen molar-refractivity contribution in [3.63, 3.8) is 0 Å². The van der Waals surface area contributed by atoms with Crippen molar-refractivity contribution in [1.82, 2.24) is 0 Å². The quantitative estimate of drug-likeness (QED) is 0.731. The summed E-state index contributed by atoms with van der Waals surface area (Å²) in [6.45, 7) is 4.24. The summed E-state index contributed by atoms with van der Waals surface area (Å²) in [4.78, 5) is 11.5. The van der Waals surface area contributed by atoms with Crippen LogP contribution in [0.2, 0.25) is 0 Å². The van der Waals surface area contributed by atoms with E-state index in [1.807, 2.05) is 6.08 Å². The zero-order chi connectivity index (χ0) is 16.3. The number of phenolic OH excluding ortho intramolecular Hbond substituents is 2. The molecular weight excluding hydrogens is 280 g/mol. The Morgan fingerprint density at radius 1 is 1.09 bits per heavy atom. The predicted molar refractivity (Wildman–Crippen MR) is 84.7 cm³/mol. The number of ketones is 1. The highest BCUT2D eigenvalue weighted by Gasteiger charge is 2.19. The van der Waals surface area contributed by atoms with E-state index in [0.29, 0.717) is 11.8 Å². The Morgan fingerprint density at radius 3 is 2.41 bits per heavy atom. The predicted octanol–water partition coefficient (Wildman–Crippen LogP) is 2.73. The highest BCUT2D eigenvalue weighted by Crippen LogP contribution is 2.29. The molecule has 0 saturated carbocycles. The molecule has 3 N–H and O–H groups in total. The van der Waals surface area contributed by atoms with Crippen LogP contribution in [0.3, 0.4) is 0 Å². The Bertz CT molecular complexity index is 616. The Morgan fingerprint density at radius 2 is 1.77 bits per heavy atom. The van der Waals surface area contributed by atoms with Gasteiger partial charge in [-0.25, -0.2) is 0 Å². The van der Waals surface area contributed by atoms with Crippen molar-refractivity contribution in [1.29, 1.82) is 0 Å². The van der Waals surface area contributed by atoms with Crippen molar-refractivity contribution in [3.8, 4) is 11.5 Å². The summed E-state index contributed by atoms with van der Waals surface area (Å²) in [5.41, 5.74) is 1.90. The fourth-order valence-electron chi connectivity index (χ4n) is 2.59. The van der Waals surface area contributed by atoms with Crippen molar-refractivity contribution in [3.05, 3.63) is 47.6 Å². The molecule has 0 spiro atoms. The Kier molecular flexibility index (Phi) is 5.03. The molecule has 0 aliphatic heterocycles. The van der Waals surface area contributed by atoms with Crippen LogP contribution in [0.4, 0.5) is 0 Å². The number of aliphatic hydroxyl groups is 1. The molecule has 0 radical (unpaired) electrons. The van der Waals surface area contributed by atoms with Gasteiger partial charge in [0.25, 0.3) is 0 Å². The third kappa shape index (κ3) is 3.98. The van der Waals surface area contributed by atoms with Gasteiger partial charge in [0.1, 0.15) is 6.10 Å². The van der Waals surface area contributed by atoms with Crippen LogP contribution >= 0.6 is 0 Å². The summed E-state index contributed by atoms with van der Waals surface area (Å²) in [7, 11) is 0. The van der Waals surface area contributed by atoms with Crippen LogP contribution in [-0.2, 0) is 11.2 Å². The average molecular weight is 302 g/mol. The van der Waals surface area contributed by atoms with Crippen molar-refractivity contribution in [2.45, 2.75) is 32.8 Å². The van der Waals surface area contributed by atoms with Gasteiger partial charge in [-0.05, 0) is 60.1 Å². The second kappa shape index (κ2) is 6.79. The lowest BCUT2D eigenvalue weighted by molar-refractivity contribution is -0.120. The van der Waals surface area contributed by atoms with Gasteiger partial charge in [-0.3, -0.25) is 4.79 Å². The number of phenols is 2. The molecule has 1 aliphatic carbocycles. The van der Waals surface area contributed by atoms with Crippen LogP contribution in [0.25, 0.3) is 0 Å². The first kappa shape index (κ1) is 16.3. The first-order chi connectivity index (χ1) is 10.4. The fraction of sp³-hybridized carbons (Fsp3) is 0.389. The summed E-state index contributed by atoms with van der Waals surface area (Å²) in [6.07, 6.45) is 5.38. The number of allylic oxidation sites excluding steroid dienone is 2. The lowest BCUT2D eigenvalue weighted by atomic mass is 9.84. The van der Waals surface area contributed by atoms with E-state index in [2.05, 4.69) is 13.8 Å². The molecule has 1 aromatic rings. The molecule has 1 aliphatic rings. The van der Waals surface area contributed by atoms with Gasteiger partial charge < -0.3 is 15.3 Å². The Labute approximate surface area is 130 Å². The van der Waals surface area contributed by atoms with E-state index >= 15 is 0 Å². The molecule has 4 nitrogen and oxygen atoms in total. The van der Waals surface area contributed by atoms with Crippen molar-refractivity contribution >= 4 is 5.78 Å². The van der Waals surface area contributed by atoms with Gasteiger partial charge in [0.15, 0.2) is 17.3 Å². The second-order valence-corrected chi connectivity index (χ2v) is 6.11. The SMILES string of the molecule is CC(CC1=CC(=O)C(O)C=C1)C(C)Cc1ccc(O)c(O)c1. The van der Waals surface area contributed by atoms with Crippen molar-refractivity contribution in [2.24, 2.45) is 11.8 Å². The molecule has 0 bridgehead atoms. The summed E-state index contributed by atoms with van der Waals surface area (Å²) in [5.74, 6) is 0.213. The number of hydrogen-bond acceptors (Lipinski definition) is 4. The van der Waals surface area contributed by atoms with E-state index in [1.54, 1.807) is 12.1 Å². The monoisotopic (exact) mass is 302 g/mol. The van der Waals surface area contributed by atoms with Crippen LogP contribution in [-0.4, -0.2) is 27.2 Å². The molecule has 0 heterocycles. The normalized spacial score (nSPS) is 20.6. The maximum absolute atomic E-state index is 11.5. The number of aliphatic hydroxyl groups excluding tert-OH is 1. The second-order valence-electron chi connectivity index (χ2n) is 6.11. The Hall–Kier alpha value is -2.07. The van der Waals surface area contributed by atoms with Gasteiger partial charge in [0, 0.05) is 0 Å². The van der Waals surface area contributed by atoms with Crippen LogP contribution < -0.4 is 0 Å². The zero-order valence-corrected chi connectivity index (χ0v) is 12.9. The lowest BCUT2D eigenvalue weighted by Gasteiger charge is -2.22. The highest BCUT2D eigenvalue weighted by atomic mass is 16.3. The maximum Gasteiger partial charge on any atom is 0.188 e. The molecule has 0 fully saturated rings. The summed E-state index contributed by atoms with van der Waals surface area (Å²) in [6, 6.07) is 4.88. The minimum absolute atomic E-state index is 0.102. The molecule has 4 heteroatoms. The molecule has 3 unspecified atom stereocenters. The molecule has 2 rings (SSSR count). The molecule has 22 heavy (non-hydrogen) atoms. The zero-order valence-electron chi connectivity index (χ0n) is 12.9. The molecule has 3 atom stereocenters. The van der Waals surface area contributed by atoms with Crippen LogP contribution in [0.15, 0.2) is 42.0 Å². The van der Waals surface area contributed by atoms with E-state index in [1.165, 1.54) is 18.2 Å². The van der Waals surface area contributed by atoms with E-state index in [9.17, 15) is 20.1 Å². The number of aromatic hydroxyl groups is 2. The van der Waals surface area contributed by atoms with E-state index < -0.39 is 6.10 Å². The molecule has 0 aromatic heterocycles. The van der Waals surface area contributed by atoms with Gasteiger partial charge in [0.05, 0.1) is 0 Å². The third-order valence-corrected chi connectivity index (χ3v) is 4.24. The molecular formula is C18H22O4. The lowest BCUT2D eigenvalue weighted by Crippen LogP contribution is -2.19. The first-order valence-corrected chi connectivity index (χ1v) is 7.48. The number of hydrogen-bond donors (Lipinski definition) is 3. The fourth-order valence-corrected chi connectivity index (χ4v) is 2.59. The summed E-state index contributed by atoms with van der Waals surface area (Å²) in [5, 5.41) is 28.2. The number of rotatable bonds is 5. The van der Waals surface area contributed by atoms with E-state index in [4.69, 9.17) is 0 Å². The minimum atomic E-state index is -1.00. The van der Waals surface area contributed by atoms with Crippen LogP contribution in [0.5, 0.6) is 11.5 Å². The smallest absolute Gasteiger partial charge is 0.188 e. The first-order valence-electron chi connectivity index (χ1n) is 7.48. The van der Waals surface area contributed by atoms with E-state index in [0.717, 1.165) is 24.0 Å². The van der Waals surface area contributed by atoms with E-state index in [-0.39, 0.29) is 17.3 Å². The van der Waals surface area contributed by atoms with Gasteiger partial charge in [-0.1, -0.05) is 26.0 Å². The van der Waals surface area contributed by atoms with Gasteiger partial charge in [0.2, 0.25) is 0 Å². The van der Waals surface area contributed by atoms with Gasteiger partial charge in [-0.2, -0.15) is 0 Å². The maximum atomic E-state index is 11.5. The average Bonchev–Trinajstić information content (AvgIpc) is 2.46. The topological polar surface area (TPSA) is 77.8 Å². The largest absolute Gasteiger partial charge is 0.504 e. The summed E-state index contributed by atoms with van der Waals surface area (Å²) >= 11 is 0. The number of carbonyl (C=O) groups excluding carboxylic acids is 1. The minimum Gasteiger partial charge on any atom is -0.504 e. The standard InChI is InChI=1S/C18H22O4/c1-11(7-13-3-5-15(19)17(21)9-13)12(2)8-14-4-6-16(20)18(22)10-14/h3-6,9-12,15,19-20,22H,7-8H2,1-2H3. The Balaban J connectivity index is 1.96. The van der Waals surface area contributed by atoms with Crippen LogP contribution in [0.1, 0.15) is 25.8 Å². The molecule has 0 saturated heterocycles. The number of carbonyl (C=O) groups is 1. The third-order valence-electron chi connectivity index (χ3n) is 4.24. The van der Waals surface area contributed by atoms with Crippen molar-refractivity contribution in [2.75, 3.05) is 0 Å². The van der Waals surface area contributed by atoms with Crippen LogP contribution in [0, 0.1) is 11.8 Å². The number of benzene rings is 1. The van der Waals surface area contributed by atoms with Gasteiger partial charge >= 0.3 is 0 Å². The highest BCUT2D eigenvalue weighted by molar-refractivity contribution is 5.97. The molecule has 118 valence electrons. The molecule has 1 aromatic carbocycles. The van der Waals surface area contributed by atoms with Gasteiger partial charge in [-0.15, -0.1) is 0 Å². The molecule has 0 amide bonds. The summed E-state index contributed by atoms with van der Waals surface area (Å²) < 4.78 is 0. The van der Waals surface area contributed by atoms with Crippen molar-refractivity contribution < 1.29 is 20.1 Å².